The summed E-state index contributed by atoms with van der Waals surface area (Å²) in [6.07, 6.45) is 5.86. The van der Waals surface area contributed by atoms with Crippen molar-refractivity contribution >= 4 is 11.5 Å². The molecule has 104 valence electrons. The maximum Gasteiger partial charge on any atom is 0.140 e. The fraction of sp³-hybridized carbons (Fsp3) is 0.375. The normalized spacial score (nSPS) is 17.4. The lowest BCUT2D eigenvalue weighted by molar-refractivity contribution is -0.120. The quantitative estimate of drug-likeness (QED) is 0.927. The summed E-state index contributed by atoms with van der Waals surface area (Å²) in [5, 5.41) is 3.36. The summed E-state index contributed by atoms with van der Waals surface area (Å²) < 4.78 is 1.98. The van der Waals surface area contributed by atoms with Crippen molar-refractivity contribution in [1.29, 1.82) is 0 Å². The number of rotatable bonds is 4. The molecule has 2 aromatic rings. The third kappa shape index (κ3) is 2.46. The minimum absolute atomic E-state index is 0.0349. The zero-order chi connectivity index (χ0) is 13.9. The van der Waals surface area contributed by atoms with Crippen LogP contribution >= 0.6 is 0 Å². The molecule has 0 amide bonds. The van der Waals surface area contributed by atoms with Crippen molar-refractivity contribution in [3.63, 3.8) is 0 Å². The van der Waals surface area contributed by atoms with Crippen LogP contribution in [0.25, 0.3) is 0 Å². The number of aromatic nitrogens is 2. The van der Waals surface area contributed by atoms with Gasteiger partial charge in [-0.05, 0) is 18.1 Å². The second-order valence-electron chi connectivity index (χ2n) is 5.28. The van der Waals surface area contributed by atoms with Crippen molar-refractivity contribution in [3.05, 3.63) is 48.0 Å². The van der Waals surface area contributed by atoms with Crippen LogP contribution in [0.3, 0.4) is 0 Å². The molecule has 1 aromatic carbocycles. The van der Waals surface area contributed by atoms with E-state index in [1.54, 1.807) is 6.20 Å². The minimum atomic E-state index is 0.0349. The molecule has 1 aliphatic heterocycles. The number of para-hydroxylation sites is 1. The number of fused-ring (bicyclic) bond motifs is 1. The van der Waals surface area contributed by atoms with Crippen LogP contribution in [-0.4, -0.2) is 21.9 Å². The van der Waals surface area contributed by atoms with E-state index in [2.05, 4.69) is 16.4 Å². The molecule has 20 heavy (non-hydrogen) atoms. The van der Waals surface area contributed by atoms with Crippen molar-refractivity contribution in [2.24, 2.45) is 7.05 Å². The zero-order valence-electron chi connectivity index (χ0n) is 11.7. The van der Waals surface area contributed by atoms with Crippen LogP contribution < -0.4 is 5.32 Å². The first kappa shape index (κ1) is 12.9. The summed E-state index contributed by atoms with van der Waals surface area (Å²) in [6.45, 7) is 0.871. The van der Waals surface area contributed by atoms with Crippen LogP contribution in [0.4, 0.5) is 5.69 Å². The van der Waals surface area contributed by atoms with E-state index < -0.39 is 0 Å². The van der Waals surface area contributed by atoms with Crippen LogP contribution in [-0.2, 0) is 18.3 Å². The van der Waals surface area contributed by atoms with Gasteiger partial charge in [0, 0.05) is 50.4 Å². The molecule has 2 heterocycles. The number of carbonyl (C=O) groups excluding carboxylic acids is 1. The lowest BCUT2D eigenvalue weighted by atomic mass is 9.86. The van der Waals surface area contributed by atoms with Gasteiger partial charge in [-0.15, -0.1) is 0 Å². The molecule has 0 saturated carbocycles. The van der Waals surface area contributed by atoms with Gasteiger partial charge >= 0.3 is 0 Å². The summed E-state index contributed by atoms with van der Waals surface area (Å²) in [5.41, 5.74) is 2.25. The van der Waals surface area contributed by atoms with Gasteiger partial charge < -0.3 is 9.88 Å². The van der Waals surface area contributed by atoms with Gasteiger partial charge in [0.25, 0.3) is 0 Å². The van der Waals surface area contributed by atoms with Gasteiger partial charge in [-0.2, -0.15) is 0 Å². The Kier molecular flexibility index (Phi) is 3.54. The number of benzene rings is 1. The molecule has 1 aromatic heterocycles. The molecule has 0 spiro atoms. The van der Waals surface area contributed by atoms with Crippen molar-refractivity contribution in [2.75, 3.05) is 11.9 Å². The maximum atomic E-state index is 12.5. The first-order valence-corrected chi connectivity index (χ1v) is 7.07. The Labute approximate surface area is 118 Å². The molecule has 1 atom stereocenters. The molecular formula is C16H19N3O. The molecule has 0 saturated heterocycles. The van der Waals surface area contributed by atoms with E-state index >= 15 is 0 Å². The van der Waals surface area contributed by atoms with Gasteiger partial charge in [-0.25, -0.2) is 4.98 Å². The number of aryl methyl sites for hydroxylation is 2. The minimum Gasteiger partial charge on any atom is -0.385 e. The Morgan fingerprint density at radius 1 is 1.45 bits per heavy atom. The van der Waals surface area contributed by atoms with Gasteiger partial charge in [0.1, 0.15) is 11.6 Å². The number of hydrogen-bond donors (Lipinski definition) is 1. The number of imidazole rings is 1. The number of anilines is 1. The second-order valence-corrected chi connectivity index (χ2v) is 5.28. The van der Waals surface area contributed by atoms with E-state index in [9.17, 15) is 4.79 Å². The van der Waals surface area contributed by atoms with Gasteiger partial charge in [-0.1, -0.05) is 18.2 Å². The number of Topliss-reactive ketones (excluding diaryl/α,β-unsaturated/α-hetero) is 1. The number of nitrogens with one attached hydrogen (secondary N) is 1. The fourth-order valence-corrected chi connectivity index (χ4v) is 2.85. The SMILES string of the molecule is Cn1ccnc1CCC(=O)C1CCNc2ccccc21. The van der Waals surface area contributed by atoms with Crippen LogP contribution in [0.5, 0.6) is 0 Å². The molecule has 0 aliphatic carbocycles. The maximum absolute atomic E-state index is 12.5. The zero-order valence-corrected chi connectivity index (χ0v) is 11.7. The summed E-state index contributed by atoms with van der Waals surface area (Å²) in [6, 6.07) is 8.12. The topological polar surface area (TPSA) is 46.9 Å². The summed E-state index contributed by atoms with van der Waals surface area (Å²) in [7, 11) is 1.96. The van der Waals surface area contributed by atoms with Crippen molar-refractivity contribution in [3.8, 4) is 0 Å². The van der Waals surface area contributed by atoms with E-state index in [-0.39, 0.29) is 5.92 Å². The first-order valence-electron chi connectivity index (χ1n) is 7.07. The molecule has 1 aliphatic rings. The summed E-state index contributed by atoms with van der Waals surface area (Å²) in [5.74, 6) is 1.33. The van der Waals surface area contributed by atoms with Crippen LogP contribution in [0.1, 0.15) is 30.1 Å². The van der Waals surface area contributed by atoms with E-state index in [4.69, 9.17) is 0 Å². The molecule has 1 N–H and O–H groups in total. The fourth-order valence-electron chi connectivity index (χ4n) is 2.85. The second kappa shape index (κ2) is 5.49. The average Bonchev–Trinajstić information content (AvgIpc) is 2.89. The Morgan fingerprint density at radius 2 is 2.30 bits per heavy atom. The molecule has 0 radical (unpaired) electrons. The van der Waals surface area contributed by atoms with E-state index in [0.29, 0.717) is 18.6 Å². The van der Waals surface area contributed by atoms with Crippen molar-refractivity contribution < 1.29 is 4.79 Å². The third-order valence-corrected chi connectivity index (χ3v) is 3.99. The lowest BCUT2D eigenvalue weighted by Crippen LogP contribution is -2.23. The number of nitrogens with zero attached hydrogens (tertiary/aromatic N) is 2. The van der Waals surface area contributed by atoms with Crippen LogP contribution in [0, 0.1) is 0 Å². The van der Waals surface area contributed by atoms with Crippen LogP contribution in [0.2, 0.25) is 0 Å². The Hall–Kier alpha value is -2.10. The monoisotopic (exact) mass is 269 g/mol. The molecule has 0 fully saturated rings. The summed E-state index contributed by atoms with van der Waals surface area (Å²) in [4.78, 5) is 16.8. The van der Waals surface area contributed by atoms with E-state index in [0.717, 1.165) is 30.0 Å². The van der Waals surface area contributed by atoms with Crippen molar-refractivity contribution in [1.82, 2.24) is 9.55 Å². The Morgan fingerprint density at radius 3 is 3.10 bits per heavy atom. The largest absolute Gasteiger partial charge is 0.385 e. The first-order chi connectivity index (χ1) is 9.75. The molecule has 4 nitrogen and oxygen atoms in total. The Bertz CT molecular complexity index is 618. The highest BCUT2D eigenvalue weighted by molar-refractivity contribution is 5.88. The number of carbonyl (C=O) groups is 1. The number of ketones is 1. The predicted molar refractivity (Wildman–Crippen MR) is 78.8 cm³/mol. The van der Waals surface area contributed by atoms with Gasteiger partial charge in [-0.3, -0.25) is 4.79 Å². The molecule has 3 rings (SSSR count). The van der Waals surface area contributed by atoms with E-state index in [1.165, 1.54) is 0 Å². The van der Waals surface area contributed by atoms with Crippen LogP contribution in [0.15, 0.2) is 36.7 Å². The lowest BCUT2D eigenvalue weighted by Gasteiger charge is -2.25. The van der Waals surface area contributed by atoms with Crippen molar-refractivity contribution in [2.45, 2.75) is 25.2 Å². The highest BCUT2D eigenvalue weighted by atomic mass is 16.1. The smallest absolute Gasteiger partial charge is 0.140 e. The molecule has 0 bridgehead atoms. The standard InChI is InChI=1S/C16H19N3O/c1-19-11-10-18-16(19)7-6-15(20)13-8-9-17-14-5-3-2-4-12(13)14/h2-5,10-11,13,17H,6-9H2,1H3. The van der Waals surface area contributed by atoms with Gasteiger partial charge in [0.15, 0.2) is 0 Å². The Balaban J connectivity index is 1.71. The summed E-state index contributed by atoms with van der Waals surface area (Å²) >= 11 is 0. The third-order valence-electron chi connectivity index (χ3n) is 3.99. The van der Waals surface area contributed by atoms with Gasteiger partial charge in [0.2, 0.25) is 0 Å². The van der Waals surface area contributed by atoms with Gasteiger partial charge in [0.05, 0.1) is 0 Å². The average molecular weight is 269 g/mol. The molecule has 4 heteroatoms. The predicted octanol–water partition coefficient (Wildman–Crippen LogP) is 2.52. The molecular weight excluding hydrogens is 250 g/mol. The highest BCUT2D eigenvalue weighted by Gasteiger charge is 2.25. The van der Waals surface area contributed by atoms with E-state index in [1.807, 2.05) is 36.0 Å². The molecule has 1 unspecified atom stereocenters. The highest BCUT2D eigenvalue weighted by Crippen LogP contribution is 2.32. The number of hydrogen-bond acceptors (Lipinski definition) is 3.